The van der Waals surface area contributed by atoms with Crippen LogP contribution in [-0.2, 0) is 4.74 Å². The van der Waals surface area contributed by atoms with Crippen molar-refractivity contribution in [1.29, 1.82) is 0 Å². The van der Waals surface area contributed by atoms with Crippen LogP contribution >= 0.6 is 0 Å². The lowest BCUT2D eigenvalue weighted by Gasteiger charge is -2.41. The van der Waals surface area contributed by atoms with E-state index in [9.17, 15) is 0 Å². The second-order valence-electron chi connectivity index (χ2n) is 4.94. The van der Waals surface area contributed by atoms with Gasteiger partial charge in [0.1, 0.15) is 0 Å². The van der Waals surface area contributed by atoms with Gasteiger partial charge in [-0.2, -0.15) is 0 Å². The van der Waals surface area contributed by atoms with Gasteiger partial charge >= 0.3 is 0 Å². The second kappa shape index (κ2) is 4.45. The highest BCUT2D eigenvalue weighted by molar-refractivity contribution is 4.85. The van der Waals surface area contributed by atoms with Crippen molar-refractivity contribution < 1.29 is 4.74 Å². The Morgan fingerprint density at radius 3 is 2.54 bits per heavy atom. The molecule has 0 aromatic rings. The van der Waals surface area contributed by atoms with Crippen LogP contribution in [0.1, 0.15) is 53.4 Å². The minimum atomic E-state index is 0.362. The average molecular weight is 184 g/mol. The van der Waals surface area contributed by atoms with Crippen molar-refractivity contribution in [3.8, 4) is 0 Å². The average Bonchev–Trinajstić information content (AvgIpc) is 2.18. The maximum Gasteiger partial charge on any atom is 0.0653 e. The molecule has 1 saturated heterocycles. The van der Waals surface area contributed by atoms with Gasteiger partial charge in [0, 0.05) is 6.61 Å². The van der Waals surface area contributed by atoms with Crippen LogP contribution in [0.3, 0.4) is 0 Å². The largest absolute Gasteiger partial charge is 0.377 e. The molecule has 1 rings (SSSR count). The lowest BCUT2D eigenvalue weighted by molar-refractivity contribution is -0.0935. The molecule has 1 heterocycles. The van der Waals surface area contributed by atoms with E-state index in [1.54, 1.807) is 0 Å². The lowest BCUT2D eigenvalue weighted by Crippen LogP contribution is -2.40. The zero-order valence-electron chi connectivity index (χ0n) is 9.60. The first-order valence-electron chi connectivity index (χ1n) is 5.73. The lowest BCUT2D eigenvalue weighted by atomic mass is 9.74. The van der Waals surface area contributed by atoms with E-state index in [1.807, 2.05) is 0 Å². The quantitative estimate of drug-likeness (QED) is 0.651. The Labute approximate surface area is 82.9 Å². The fourth-order valence-electron chi connectivity index (χ4n) is 2.33. The zero-order chi connectivity index (χ0) is 9.90. The molecule has 0 N–H and O–H groups in total. The summed E-state index contributed by atoms with van der Waals surface area (Å²) in [5, 5.41) is 0. The van der Waals surface area contributed by atoms with E-state index in [2.05, 4.69) is 27.7 Å². The molecule has 1 aliphatic rings. The van der Waals surface area contributed by atoms with Crippen molar-refractivity contribution in [2.24, 2.45) is 11.3 Å². The molecule has 0 bridgehead atoms. The van der Waals surface area contributed by atoms with Gasteiger partial charge in [-0.1, -0.05) is 34.1 Å². The van der Waals surface area contributed by atoms with Crippen LogP contribution in [0.2, 0.25) is 0 Å². The first-order valence-corrected chi connectivity index (χ1v) is 5.73. The highest BCUT2D eigenvalue weighted by Crippen LogP contribution is 2.37. The summed E-state index contributed by atoms with van der Waals surface area (Å²) in [7, 11) is 0. The normalized spacial score (nSPS) is 30.5. The summed E-state index contributed by atoms with van der Waals surface area (Å²) in [6.45, 7) is 10.2. The molecule has 1 fully saturated rings. The van der Waals surface area contributed by atoms with Gasteiger partial charge in [-0.25, -0.2) is 0 Å². The molecule has 0 aromatic heterocycles. The van der Waals surface area contributed by atoms with Gasteiger partial charge in [-0.15, -0.1) is 0 Å². The molecule has 0 spiro atoms. The Morgan fingerprint density at radius 2 is 2.00 bits per heavy atom. The zero-order valence-corrected chi connectivity index (χ0v) is 9.60. The van der Waals surface area contributed by atoms with Crippen LogP contribution in [0.15, 0.2) is 0 Å². The fraction of sp³-hybridized carbons (Fsp3) is 1.00. The van der Waals surface area contributed by atoms with E-state index in [1.165, 1.54) is 25.7 Å². The van der Waals surface area contributed by atoms with Crippen LogP contribution in [-0.4, -0.2) is 12.7 Å². The first kappa shape index (κ1) is 11.0. The SMILES string of the molecule is CCC1CCCOC1C(C)(C)CC. The molecule has 1 nitrogen and oxygen atoms in total. The second-order valence-corrected chi connectivity index (χ2v) is 4.94. The van der Waals surface area contributed by atoms with Crippen molar-refractivity contribution in [3.63, 3.8) is 0 Å². The van der Waals surface area contributed by atoms with Crippen molar-refractivity contribution >= 4 is 0 Å². The van der Waals surface area contributed by atoms with Gasteiger partial charge in [0.15, 0.2) is 0 Å². The minimum absolute atomic E-state index is 0.362. The van der Waals surface area contributed by atoms with E-state index in [4.69, 9.17) is 4.74 Å². The van der Waals surface area contributed by atoms with Gasteiger partial charge in [0.05, 0.1) is 6.10 Å². The molecule has 0 aliphatic carbocycles. The summed E-state index contributed by atoms with van der Waals surface area (Å²) in [5.74, 6) is 0.795. The smallest absolute Gasteiger partial charge is 0.0653 e. The number of hydrogen-bond donors (Lipinski definition) is 0. The highest BCUT2D eigenvalue weighted by Gasteiger charge is 2.36. The van der Waals surface area contributed by atoms with Crippen molar-refractivity contribution in [1.82, 2.24) is 0 Å². The van der Waals surface area contributed by atoms with Crippen molar-refractivity contribution in [3.05, 3.63) is 0 Å². The number of ether oxygens (including phenoxy) is 1. The molecule has 0 radical (unpaired) electrons. The number of rotatable bonds is 3. The van der Waals surface area contributed by atoms with Crippen molar-refractivity contribution in [2.75, 3.05) is 6.61 Å². The summed E-state index contributed by atoms with van der Waals surface area (Å²) in [6, 6.07) is 0. The molecule has 0 aromatic carbocycles. The van der Waals surface area contributed by atoms with E-state index in [-0.39, 0.29) is 0 Å². The summed E-state index contributed by atoms with van der Waals surface area (Å²) in [5.41, 5.74) is 0.362. The Hall–Kier alpha value is -0.0400. The standard InChI is InChI=1S/C12H24O/c1-5-10-8-7-9-13-11(10)12(3,4)6-2/h10-11H,5-9H2,1-4H3. The van der Waals surface area contributed by atoms with Crippen LogP contribution in [0.5, 0.6) is 0 Å². The van der Waals surface area contributed by atoms with Crippen LogP contribution in [0.25, 0.3) is 0 Å². The predicted octanol–water partition coefficient (Wildman–Crippen LogP) is 3.63. The van der Waals surface area contributed by atoms with Gasteiger partial charge in [0.2, 0.25) is 0 Å². The topological polar surface area (TPSA) is 9.23 Å². The summed E-state index contributed by atoms with van der Waals surface area (Å²) >= 11 is 0. The maximum absolute atomic E-state index is 5.94. The fourth-order valence-corrected chi connectivity index (χ4v) is 2.33. The number of hydrogen-bond acceptors (Lipinski definition) is 1. The third-order valence-electron chi connectivity index (χ3n) is 3.65. The maximum atomic E-state index is 5.94. The molecule has 1 aliphatic heterocycles. The highest BCUT2D eigenvalue weighted by atomic mass is 16.5. The van der Waals surface area contributed by atoms with E-state index >= 15 is 0 Å². The molecular formula is C12H24O. The Morgan fingerprint density at radius 1 is 1.31 bits per heavy atom. The molecular weight excluding hydrogens is 160 g/mol. The summed E-state index contributed by atoms with van der Waals surface area (Å²) in [6.07, 6.45) is 5.61. The molecule has 2 atom stereocenters. The van der Waals surface area contributed by atoms with Crippen LogP contribution in [0.4, 0.5) is 0 Å². The van der Waals surface area contributed by atoms with Crippen molar-refractivity contribution in [2.45, 2.75) is 59.5 Å². The van der Waals surface area contributed by atoms with Gasteiger partial charge < -0.3 is 4.74 Å². The van der Waals surface area contributed by atoms with Gasteiger partial charge in [-0.05, 0) is 30.6 Å². The predicted molar refractivity (Wildman–Crippen MR) is 56.8 cm³/mol. The first-order chi connectivity index (χ1) is 6.11. The van der Waals surface area contributed by atoms with Crippen LogP contribution < -0.4 is 0 Å². The van der Waals surface area contributed by atoms with E-state index in [0.29, 0.717) is 11.5 Å². The molecule has 13 heavy (non-hydrogen) atoms. The molecule has 78 valence electrons. The Balaban J connectivity index is 2.63. The van der Waals surface area contributed by atoms with E-state index in [0.717, 1.165) is 12.5 Å². The third kappa shape index (κ3) is 2.46. The molecule has 2 unspecified atom stereocenters. The minimum Gasteiger partial charge on any atom is -0.377 e. The Kier molecular flexibility index (Phi) is 3.78. The van der Waals surface area contributed by atoms with Gasteiger partial charge in [-0.3, -0.25) is 0 Å². The molecule has 0 saturated carbocycles. The summed E-state index contributed by atoms with van der Waals surface area (Å²) in [4.78, 5) is 0. The third-order valence-corrected chi connectivity index (χ3v) is 3.65. The van der Waals surface area contributed by atoms with Gasteiger partial charge in [0.25, 0.3) is 0 Å². The van der Waals surface area contributed by atoms with Crippen LogP contribution in [0, 0.1) is 11.3 Å². The van der Waals surface area contributed by atoms with E-state index < -0.39 is 0 Å². The molecule has 0 amide bonds. The monoisotopic (exact) mass is 184 g/mol. The molecule has 1 heteroatoms. The summed E-state index contributed by atoms with van der Waals surface area (Å²) < 4.78 is 5.94. The Bertz CT molecular complexity index is 151.